The van der Waals surface area contributed by atoms with E-state index < -0.39 is 0 Å². The monoisotopic (exact) mass is 320 g/mol. The second-order valence-electron chi connectivity index (χ2n) is 6.37. The Morgan fingerprint density at radius 2 is 1.96 bits per heavy atom. The number of rotatable bonds is 7. The smallest absolute Gasteiger partial charge is 0.222 e. The molecule has 0 atom stereocenters. The lowest BCUT2D eigenvalue weighted by molar-refractivity contribution is -0.132. The van der Waals surface area contributed by atoms with Gasteiger partial charge < -0.3 is 14.8 Å². The van der Waals surface area contributed by atoms with Crippen molar-refractivity contribution in [1.82, 2.24) is 19.8 Å². The molecule has 1 saturated carbocycles. The van der Waals surface area contributed by atoms with Gasteiger partial charge in [-0.1, -0.05) is 25.7 Å². The molecule has 1 heterocycles. The molecule has 23 heavy (non-hydrogen) atoms. The molecule has 0 unspecified atom stereocenters. The van der Waals surface area contributed by atoms with Crippen molar-refractivity contribution in [2.24, 2.45) is 0 Å². The molecule has 1 aliphatic carbocycles. The van der Waals surface area contributed by atoms with Crippen molar-refractivity contribution in [3.05, 3.63) is 18.7 Å². The van der Waals surface area contributed by atoms with Crippen molar-refractivity contribution < 1.29 is 9.59 Å². The largest absolute Gasteiger partial charge is 0.353 e. The van der Waals surface area contributed by atoms with Crippen molar-refractivity contribution >= 4 is 11.8 Å². The van der Waals surface area contributed by atoms with Gasteiger partial charge in [0, 0.05) is 51.4 Å². The number of carbonyl (C=O) groups excluding carboxylic acids is 2. The fourth-order valence-electron chi connectivity index (χ4n) is 2.94. The average molecular weight is 320 g/mol. The van der Waals surface area contributed by atoms with Crippen LogP contribution in [0.2, 0.25) is 0 Å². The number of likely N-dealkylation sites (N-methyl/N-ethyl adjacent to an activating group) is 1. The summed E-state index contributed by atoms with van der Waals surface area (Å²) in [6.45, 7) is 1.34. The van der Waals surface area contributed by atoms with Gasteiger partial charge in [-0.15, -0.1) is 0 Å². The van der Waals surface area contributed by atoms with Crippen LogP contribution in [0.5, 0.6) is 0 Å². The molecule has 2 amide bonds. The highest BCUT2D eigenvalue weighted by molar-refractivity contribution is 5.83. The molecule has 6 heteroatoms. The lowest BCUT2D eigenvalue weighted by Gasteiger charge is -2.19. The highest BCUT2D eigenvalue weighted by Crippen LogP contribution is 2.17. The third kappa shape index (κ3) is 6.42. The van der Waals surface area contributed by atoms with Gasteiger partial charge in [0.1, 0.15) is 0 Å². The molecule has 6 nitrogen and oxygen atoms in total. The van der Waals surface area contributed by atoms with Gasteiger partial charge in [-0.2, -0.15) is 0 Å². The fraction of sp³-hybridized carbons (Fsp3) is 0.706. The molecule has 1 fully saturated rings. The standard InChI is InChI=1S/C17H28N4O2/c1-20(12-13-21-11-10-18-14-21)17(23)9-8-16(22)19-15-6-4-2-3-5-7-15/h10-11,14-15H,2-9,12-13H2,1H3,(H,19,22). The Balaban J connectivity index is 1.63. The molecule has 0 aliphatic heterocycles. The van der Waals surface area contributed by atoms with Crippen LogP contribution in [0.25, 0.3) is 0 Å². The van der Waals surface area contributed by atoms with Gasteiger partial charge in [-0.25, -0.2) is 4.98 Å². The van der Waals surface area contributed by atoms with E-state index in [1.54, 1.807) is 24.5 Å². The van der Waals surface area contributed by atoms with Crippen molar-refractivity contribution in [2.45, 2.75) is 64.0 Å². The van der Waals surface area contributed by atoms with Crippen LogP contribution in [0.3, 0.4) is 0 Å². The number of aromatic nitrogens is 2. The summed E-state index contributed by atoms with van der Waals surface area (Å²) in [4.78, 5) is 29.7. The van der Waals surface area contributed by atoms with E-state index in [0.717, 1.165) is 19.4 Å². The number of hydrogen-bond donors (Lipinski definition) is 1. The third-order valence-electron chi connectivity index (χ3n) is 4.46. The van der Waals surface area contributed by atoms with Gasteiger partial charge in [0.05, 0.1) is 6.33 Å². The number of imidazole rings is 1. The van der Waals surface area contributed by atoms with Crippen LogP contribution in [-0.4, -0.2) is 45.9 Å². The Bertz CT molecular complexity index is 479. The number of nitrogens with one attached hydrogen (secondary N) is 1. The first-order chi connectivity index (χ1) is 11.1. The van der Waals surface area contributed by atoms with Crippen molar-refractivity contribution in [2.75, 3.05) is 13.6 Å². The van der Waals surface area contributed by atoms with E-state index in [0.29, 0.717) is 12.6 Å². The van der Waals surface area contributed by atoms with E-state index >= 15 is 0 Å². The van der Waals surface area contributed by atoms with Crippen LogP contribution in [0, 0.1) is 0 Å². The molecule has 0 aromatic carbocycles. The Morgan fingerprint density at radius 3 is 2.61 bits per heavy atom. The molecular weight excluding hydrogens is 292 g/mol. The van der Waals surface area contributed by atoms with Gasteiger partial charge in [-0.05, 0) is 12.8 Å². The molecule has 1 aromatic rings. The van der Waals surface area contributed by atoms with Gasteiger partial charge in [-0.3, -0.25) is 9.59 Å². The lowest BCUT2D eigenvalue weighted by Crippen LogP contribution is -2.36. The minimum Gasteiger partial charge on any atom is -0.353 e. The minimum absolute atomic E-state index is 0.00765. The van der Waals surface area contributed by atoms with Crippen molar-refractivity contribution in [3.8, 4) is 0 Å². The molecule has 0 saturated heterocycles. The zero-order chi connectivity index (χ0) is 16.5. The quantitative estimate of drug-likeness (QED) is 0.781. The molecule has 2 rings (SSSR count). The number of amides is 2. The van der Waals surface area contributed by atoms with Crippen molar-refractivity contribution in [3.63, 3.8) is 0 Å². The maximum atomic E-state index is 12.1. The summed E-state index contributed by atoms with van der Waals surface area (Å²) < 4.78 is 1.93. The van der Waals surface area contributed by atoms with E-state index in [1.807, 2.05) is 10.8 Å². The molecule has 1 aromatic heterocycles. The van der Waals surface area contributed by atoms with Crippen LogP contribution >= 0.6 is 0 Å². The van der Waals surface area contributed by atoms with Crippen LogP contribution in [0.4, 0.5) is 0 Å². The fourth-order valence-corrected chi connectivity index (χ4v) is 2.94. The van der Waals surface area contributed by atoms with Gasteiger partial charge in [0.15, 0.2) is 0 Å². The first-order valence-corrected chi connectivity index (χ1v) is 8.64. The SMILES string of the molecule is CN(CCn1ccnc1)C(=O)CCC(=O)NC1CCCCCC1. The molecule has 0 radical (unpaired) electrons. The van der Waals surface area contributed by atoms with E-state index in [1.165, 1.54) is 25.7 Å². The second-order valence-corrected chi connectivity index (χ2v) is 6.37. The van der Waals surface area contributed by atoms with Crippen molar-refractivity contribution in [1.29, 1.82) is 0 Å². The van der Waals surface area contributed by atoms with E-state index in [2.05, 4.69) is 10.3 Å². The summed E-state index contributed by atoms with van der Waals surface area (Å²) in [5.41, 5.74) is 0. The molecule has 0 bridgehead atoms. The van der Waals surface area contributed by atoms with Gasteiger partial charge in [0.2, 0.25) is 11.8 Å². The van der Waals surface area contributed by atoms with Crippen LogP contribution in [0.1, 0.15) is 51.4 Å². The molecule has 0 spiro atoms. The summed E-state index contributed by atoms with van der Waals surface area (Å²) in [6, 6.07) is 0.305. The molecule has 1 aliphatic rings. The number of hydrogen-bond acceptors (Lipinski definition) is 3. The first kappa shape index (κ1) is 17.5. The van der Waals surface area contributed by atoms with Crippen LogP contribution in [0.15, 0.2) is 18.7 Å². The average Bonchev–Trinajstić information content (AvgIpc) is 2.94. The van der Waals surface area contributed by atoms with E-state index in [4.69, 9.17) is 0 Å². The maximum Gasteiger partial charge on any atom is 0.222 e. The number of carbonyl (C=O) groups is 2. The zero-order valence-corrected chi connectivity index (χ0v) is 14.0. The van der Waals surface area contributed by atoms with E-state index in [9.17, 15) is 9.59 Å². The Morgan fingerprint density at radius 1 is 1.22 bits per heavy atom. The predicted octanol–water partition coefficient (Wildman–Crippen LogP) is 1.96. The Kier molecular flexibility index (Phi) is 7.10. The predicted molar refractivity (Wildman–Crippen MR) is 88.7 cm³/mol. The van der Waals surface area contributed by atoms with E-state index in [-0.39, 0.29) is 24.7 Å². The lowest BCUT2D eigenvalue weighted by atomic mass is 10.1. The minimum atomic E-state index is 0.00765. The Hall–Kier alpha value is -1.85. The summed E-state index contributed by atoms with van der Waals surface area (Å²) >= 11 is 0. The molecule has 128 valence electrons. The molecule has 1 N–H and O–H groups in total. The molecular formula is C17H28N4O2. The van der Waals surface area contributed by atoms with Crippen LogP contribution < -0.4 is 5.32 Å². The highest BCUT2D eigenvalue weighted by Gasteiger charge is 2.16. The van der Waals surface area contributed by atoms with Crippen LogP contribution in [-0.2, 0) is 16.1 Å². The van der Waals surface area contributed by atoms with Gasteiger partial charge in [0.25, 0.3) is 0 Å². The summed E-state index contributed by atoms with van der Waals surface area (Å²) in [5.74, 6) is 0.0226. The summed E-state index contributed by atoms with van der Waals surface area (Å²) in [6.07, 6.45) is 13.0. The maximum absolute atomic E-state index is 12.1. The second kappa shape index (κ2) is 9.33. The highest BCUT2D eigenvalue weighted by atomic mass is 16.2. The number of nitrogens with zero attached hydrogens (tertiary/aromatic N) is 3. The normalized spacial score (nSPS) is 15.9. The third-order valence-corrected chi connectivity index (χ3v) is 4.46. The Labute approximate surface area is 138 Å². The summed E-state index contributed by atoms with van der Waals surface area (Å²) in [7, 11) is 1.78. The first-order valence-electron chi connectivity index (χ1n) is 8.64. The summed E-state index contributed by atoms with van der Waals surface area (Å²) in [5, 5.41) is 3.09. The zero-order valence-electron chi connectivity index (χ0n) is 14.0. The van der Waals surface area contributed by atoms with Gasteiger partial charge >= 0.3 is 0 Å². The topological polar surface area (TPSA) is 67.2 Å².